The first-order valence-electron chi connectivity index (χ1n) is 15.4. The van der Waals surface area contributed by atoms with Crippen LogP contribution in [0.15, 0.2) is 0 Å². The maximum atomic E-state index is 12.4. The second-order valence-corrected chi connectivity index (χ2v) is 41.0. The summed E-state index contributed by atoms with van der Waals surface area (Å²) in [5, 5.41) is 0. The molecule has 1 atom stereocenters. The van der Waals surface area contributed by atoms with E-state index in [0.29, 0.717) is 0 Å². The third kappa shape index (κ3) is 18.8. The summed E-state index contributed by atoms with van der Waals surface area (Å²) in [4.78, 5) is 47.8. The third-order valence-corrected chi connectivity index (χ3v) is 35.0. The number of hydrogen-bond donors (Lipinski definition) is 0. The highest BCUT2D eigenvalue weighted by molar-refractivity contribution is 6.91. The fraction of sp³-hybridized carbons (Fsp3) is 0.833. The fourth-order valence-corrected chi connectivity index (χ4v) is 41.4. The molecule has 0 heterocycles. The Balaban J connectivity index is 6.20. The summed E-state index contributed by atoms with van der Waals surface area (Å²) in [5.41, 5.74) is 0. The lowest BCUT2D eigenvalue weighted by Gasteiger charge is -2.44. The zero-order chi connectivity index (χ0) is 37.5. The van der Waals surface area contributed by atoms with E-state index in [2.05, 4.69) is 0 Å². The molecule has 0 aliphatic heterocycles. The second-order valence-electron chi connectivity index (χ2n) is 13.6. The van der Waals surface area contributed by atoms with Gasteiger partial charge in [0.05, 0.1) is 0 Å². The molecule has 0 N–H and O–H groups in total. The van der Waals surface area contributed by atoms with Gasteiger partial charge in [0.2, 0.25) is 0 Å². The summed E-state index contributed by atoms with van der Waals surface area (Å²) in [6, 6.07) is 0.405. The molecular formula is C24H58O15Si8. The van der Waals surface area contributed by atoms with E-state index in [4.69, 9.17) is 46.5 Å². The van der Waals surface area contributed by atoms with Gasteiger partial charge in [-0.05, 0) is 78.6 Å². The van der Waals surface area contributed by atoms with Crippen molar-refractivity contribution in [2.24, 2.45) is 0 Å². The molecule has 0 fully saturated rings. The molecule has 23 heteroatoms. The average Bonchev–Trinajstić information content (AvgIpc) is 2.71. The Morgan fingerprint density at radius 1 is 0.340 bits per heavy atom. The van der Waals surface area contributed by atoms with E-state index in [0.717, 1.165) is 0 Å². The van der Waals surface area contributed by atoms with Crippen molar-refractivity contribution >= 4 is 92.9 Å². The van der Waals surface area contributed by atoms with Gasteiger partial charge in [0.25, 0.3) is 23.9 Å². The number of carbonyl (C=O) groups excluding carboxylic acids is 4. The largest absolute Gasteiger partial charge is 0.626 e. The summed E-state index contributed by atoms with van der Waals surface area (Å²) in [7, 11) is -25.8. The van der Waals surface area contributed by atoms with E-state index in [1.54, 1.807) is 46.2 Å². The van der Waals surface area contributed by atoms with Crippen LogP contribution in [0.25, 0.3) is 0 Å². The first kappa shape index (κ1) is 46.3. The third-order valence-electron chi connectivity index (χ3n) is 5.32. The molecule has 0 radical (unpaired) electrons. The van der Waals surface area contributed by atoms with Crippen LogP contribution in [0.1, 0.15) is 41.5 Å². The van der Waals surface area contributed by atoms with Gasteiger partial charge in [-0.3, -0.25) is 19.2 Å². The van der Waals surface area contributed by atoms with Crippen LogP contribution in [0.4, 0.5) is 0 Å². The monoisotopic (exact) mass is 810 g/mol. The average molecular weight is 811 g/mol. The highest BCUT2D eigenvalue weighted by Crippen LogP contribution is 2.32. The van der Waals surface area contributed by atoms with Gasteiger partial charge in [-0.1, -0.05) is 13.8 Å². The van der Waals surface area contributed by atoms with E-state index in [1.165, 1.54) is 27.7 Å². The number of hydrogen-bond acceptors (Lipinski definition) is 15. The molecule has 0 aromatic carbocycles. The van der Waals surface area contributed by atoms with Crippen molar-refractivity contribution in [3.63, 3.8) is 0 Å². The Labute approximate surface area is 289 Å². The minimum atomic E-state index is -3.77. The lowest BCUT2D eigenvalue weighted by Crippen LogP contribution is -2.64. The van der Waals surface area contributed by atoms with Gasteiger partial charge in [0.1, 0.15) is 0 Å². The van der Waals surface area contributed by atoms with Crippen LogP contribution in [0.5, 0.6) is 0 Å². The van der Waals surface area contributed by atoms with E-state index in [-0.39, 0.29) is 12.1 Å². The quantitative estimate of drug-likeness (QED) is 0.142. The first-order chi connectivity index (χ1) is 20.7. The maximum Gasteiger partial charge on any atom is 0.626 e. The van der Waals surface area contributed by atoms with Crippen molar-refractivity contribution in [3.8, 4) is 0 Å². The molecule has 0 aliphatic rings. The molecule has 0 spiro atoms. The van der Waals surface area contributed by atoms with Crippen LogP contribution >= 0.6 is 0 Å². The van der Waals surface area contributed by atoms with Crippen molar-refractivity contribution in [2.45, 2.75) is 132 Å². The number of carbonyl (C=O) groups is 4. The minimum absolute atomic E-state index is 0.165. The van der Waals surface area contributed by atoms with E-state index >= 15 is 0 Å². The van der Waals surface area contributed by atoms with Gasteiger partial charge in [-0.15, -0.1) is 0 Å². The van der Waals surface area contributed by atoms with Crippen LogP contribution in [0.2, 0.25) is 90.7 Å². The van der Waals surface area contributed by atoms with Crippen LogP contribution in [-0.2, 0) is 65.7 Å². The highest BCUT2D eigenvalue weighted by atomic mass is 28.5. The Morgan fingerprint density at radius 3 is 0.809 bits per heavy atom. The predicted molar refractivity (Wildman–Crippen MR) is 192 cm³/mol. The maximum absolute atomic E-state index is 12.4. The van der Waals surface area contributed by atoms with Gasteiger partial charge in [-0.2, -0.15) is 0 Å². The first-order valence-corrected chi connectivity index (χ1v) is 36.2. The van der Waals surface area contributed by atoms with Gasteiger partial charge in [-0.25, -0.2) is 0 Å². The molecule has 0 amide bonds. The lowest BCUT2D eigenvalue weighted by molar-refractivity contribution is -0.142. The van der Waals surface area contributed by atoms with Crippen LogP contribution in [0, 0.1) is 0 Å². The lowest BCUT2D eigenvalue weighted by atomic mass is 10.9. The smallest absolute Gasteiger partial charge is 0.495 e. The van der Waals surface area contributed by atoms with Crippen molar-refractivity contribution in [1.82, 2.24) is 0 Å². The molecule has 1 unspecified atom stereocenters. The predicted octanol–water partition coefficient (Wildman–Crippen LogP) is 5.48. The van der Waals surface area contributed by atoms with Crippen molar-refractivity contribution in [2.75, 3.05) is 0 Å². The Kier molecular flexibility index (Phi) is 16.8. The minimum Gasteiger partial charge on any atom is -0.495 e. The van der Waals surface area contributed by atoms with Gasteiger partial charge >= 0.3 is 69.0 Å². The summed E-state index contributed by atoms with van der Waals surface area (Å²) >= 11 is 0. The Hall–Kier alpha value is -0.665. The molecule has 0 aromatic heterocycles. The topological polar surface area (TPSA) is 170 Å². The Bertz CT molecular complexity index is 1100. The molecule has 276 valence electrons. The summed E-state index contributed by atoms with van der Waals surface area (Å²) in [6.45, 7) is 30.2. The van der Waals surface area contributed by atoms with E-state index in [9.17, 15) is 19.2 Å². The van der Waals surface area contributed by atoms with Crippen LogP contribution < -0.4 is 0 Å². The highest BCUT2D eigenvalue weighted by Gasteiger charge is 2.57. The molecule has 0 aromatic rings. The number of rotatable bonds is 20. The van der Waals surface area contributed by atoms with Gasteiger partial charge in [0, 0.05) is 39.8 Å². The Morgan fingerprint density at radius 2 is 0.553 bits per heavy atom. The van der Waals surface area contributed by atoms with Gasteiger partial charge in [0.15, 0.2) is 0 Å². The molecule has 47 heavy (non-hydrogen) atoms. The zero-order valence-corrected chi connectivity index (χ0v) is 39.5. The summed E-state index contributed by atoms with van der Waals surface area (Å²) in [5.74, 6) is -2.26. The van der Waals surface area contributed by atoms with Crippen molar-refractivity contribution < 1.29 is 65.7 Å². The molecular weight excluding hydrogens is 753 g/mol. The van der Waals surface area contributed by atoms with E-state index in [1.807, 2.05) is 46.2 Å². The molecule has 0 saturated carbocycles. The molecule has 15 nitrogen and oxygen atoms in total. The van der Waals surface area contributed by atoms with Crippen molar-refractivity contribution in [1.29, 1.82) is 0 Å². The SMILES string of the molecule is CC[Si](OC(C)=O)(OC(C)=O)O[Si](C)(C)O[Si](C)(C)O[Si](C)(C)O[Si](CC)(OC(C)=O)O[Si](C)(C)O[Si](C)(C)O[Si](C)(C)OC(C)=O. The van der Waals surface area contributed by atoms with Gasteiger partial charge < -0.3 is 46.5 Å². The van der Waals surface area contributed by atoms with Crippen molar-refractivity contribution in [3.05, 3.63) is 0 Å². The summed E-state index contributed by atoms with van der Waals surface area (Å²) < 4.78 is 67.5. The molecule has 0 bridgehead atoms. The van der Waals surface area contributed by atoms with Crippen LogP contribution in [-0.4, -0.2) is 92.9 Å². The molecule has 0 saturated heterocycles. The summed E-state index contributed by atoms with van der Waals surface area (Å²) in [6.07, 6.45) is 0. The standard InChI is InChI=1S/C24H58O15Si8/c1-19-46(30-22(4)26,31-23(5)27)37-43(13,14)35-42(11,12)36-45(17,18)39-47(20-2,32-24(6)28)38-44(15,16)34-41(9,10)33-40(7,8)29-21(3)25/h19-20H2,1-18H3. The normalized spacial score (nSPS) is 15.0. The van der Waals surface area contributed by atoms with E-state index < -0.39 is 92.9 Å². The zero-order valence-electron chi connectivity index (χ0n) is 31.5. The molecule has 0 rings (SSSR count). The fourth-order valence-electron chi connectivity index (χ4n) is 5.18. The second kappa shape index (κ2) is 17.0. The van der Waals surface area contributed by atoms with Crippen LogP contribution in [0.3, 0.4) is 0 Å². The molecule has 0 aliphatic carbocycles.